The molecule has 1 aliphatic heterocycles. The van der Waals surface area contributed by atoms with Crippen molar-refractivity contribution >= 4 is 34.8 Å². The Morgan fingerprint density at radius 3 is 2.76 bits per heavy atom. The summed E-state index contributed by atoms with van der Waals surface area (Å²) in [5.41, 5.74) is 9.49. The van der Waals surface area contributed by atoms with Gasteiger partial charge < -0.3 is 20.9 Å². The van der Waals surface area contributed by atoms with Crippen molar-refractivity contribution in [2.45, 2.75) is 26.2 Å². The first-order valence-electron chi connectivity index (χ1n) is 11.6. The number of nitrogens with zero attached hydrogens (tertiary/aromatic N) is 5. The van der Waals surface area contributed by atoms with Crippen molar-refractivity contribution in [2.75, 3.05) is 43.4 Å². The van der Waals surface area contributed by atoms with Crippen LogP contribution in [0.5, 0.6) is 0 Å². The van der Waals surface area contributed by atoms with E-state index in [1.807, 2.05) is 12.1 Å². The molecule has 2 aliphatic carbocycles. The summed E-state index contributed by atoms with van der Waals surface area (Å²) in [6.45, 7) is 6.19. The van der Waals surface area contributed by atoms with E-state index in [9.17, 15) is 9.18 Å². The number of hydrogen-bond donors (Lipinski definition) is 2. The van der Waals surface area contributed by atoms with E-state index in [1.165, 1.54) is 5.69 Å². The lowest BCUT2D eigenvalue weighted by molar-refractivity contribution is -0.120. The minimum absolute atomic E-state index is 0.0490. The number of aryl methyl sites for hydroxylation is 1. The molecule has 1 saturated heterocycles. The molecule has 2 bridgehead atoms. The van der Waals surface area contributed by atoms with Crippen LogP contribution in [0.3, 0.4) is 0 Å². The summed E-state index contributed by atoms with van der Waals surface area (Å²) in [4.78, 5) is 29.6. The fourth-order valence-electron chi connectivity index (χ4n) is 5.51. The fraction of sp³-hybridized carbons (Fsp3) is 0.500. The number of nitrogens with one attached hydrogen (secondary N) is 1. The van der Waals surface area contributed by atoms with E-state index in [4.69, 9.17) is 5.73 Å². The van der Waals surface area contributed by atoms with Crippen molar-refractivity contribution in [2.24, 2.45) is 28.5 Å². The van der Waals surface area contributed by atoms with Gasteiger partial charge in [-0.1, -0.05) is 0 Å². The molecule has 3 N–H and O–H groups in total. The highest BCUT2D eigenvalue weighted by Gasteiger charge is 2.47. The molecule has 2 aromatic rings. The molecule has 0 radical (unpaired) electrons. The Morgan fingerprint density at radius 1 is 1.24 bits per heavy atom. The van der Waals surface area contributed by atoms with Crippen LogP contribution in [0.4, 0.5) is 27.5 Å². The second-order valence-electron chi connectivity index (χ2n) is 9.47. The van der Waals surface area contributed by atoms with Crippen LogP contribution >= 0.6 is 0 Å². The maximum absolute atomic E-state index is 14.5. The molecule has 2 saturated carbocycles. The zero-order valence-electron chi connectivity index (χ0n) is 19.1. The molecule has 33 heavy (non-hydrogen) atoms. The third kappa shape index (κ3) is 4.29. The lowest BCUT2D eigenvalue weighted by Crippen LogP contribution is -2.44. The van der Waals surface area contributed by atoms with Gasteiger partial charge in [0.05, 0.1) is 12.1 Å². The number of carbonyl (C=O) groups excluding carboxylic acids is 1. The van der Waals surface area contributed by atoms with E-state index >= 15 is 0 Å². The number of anilines is 3. The predicted octanol–water partition coefficient (Wildman–Crippen LogP) is 3.02. The fourth-order valence-corrected chi connectivity index (χ4v) is 5.51. The summed E-state index contributed by atoms with van der Waals surface area (Å²) in [5, 5.41) is 3.17. The first-order valence-corrected chi connectivity index (χ1v) is 11.6. The molecule has 2 heterocycles. The SMILES string of the molecule is Cc1cc(Nc2ncc(F)c(N=C3C(C(N)=O)[C@H]4CC[C@@H]3C4)n2)ccc1N1CCN(C)CC1. The summed E-state index contributed by atoms with van der Waals surface area (Å²) in [5.74, 6) is -0.795. The molecule has 1 aromatic heterocycles. The van der Waals surface area contributed by atoms with Crippen molar-refractivity contribution in [3.63, 3.8) is 0 Å². The van der Waals surface area contributed by atoms with Crippen LogP contribution in [0, 0.1) is 30.5 Å². The standard InChI is InChI=1S/C24H30FN7O/c1-14-11-17(5-6-19(14)32-9-7-31(2)8-10-32)28-24-27-13-18(25)23(30-24)29-21-16-4-3-15(12-16)20(21)22(26)33/h5-6,11,13,15-16,20H,3-4,7-10,12H2,1-2H3,(H2,26,33)(H,27,28,30)/t15-,16+,20?/m0/s1. The topological polar surface area (TPSA) is 99.7 Å². The van der Waals surface area contributed by atoms with E-state index in [0.717, 1.165) is 62.9 Å². The van der Waals surface area contributed by atoms with Crippen LogP contribution in [-0.2, 0) is 4.79 Å². The molecular weight excluding hydrogens is 421 g/mol. The summed E-state index contributed by atoms with van der Waals surface area (Å²) in [6.07, 6.45) is 3.94. The number of hydrogen-bond acceptors (Lipinski definition) is 7. The lowest BCUT2D eigenvalue weighted by atomic mass is 9.86. The van der Waals surface area contributed by atoms with Gasteiger partial charge in [-0.15, -0.1) is 0 Å². The van der Waals surface area contributed by atoms with Crippen molar-refractivity contribution in [1.29, 1.82) is 0 Å². The second kappa shape index (κ2) is 8.70. The van der Waals surface area contributed by atoms with Gasteiger partial charge in [0.2, 0.25) is 11.9 Å². The molecule has 9 heteroatoms. The largest absolute Gasteiger partial charge is 0.369 e. The van der Waals surface area contributed by atoms with Crippen LogP contribution in [0.1, 0.15) is 24.8 Å². The Morgan fingerprint density at radius 2 is 2.03 bits per heavy atom. The maximum Gasteiger partial charge on any atom is 0.229 e. The molecule has 1 aromatic carbocycles. The minimum Gasteiger partial charge on any atom is -0.369 e. The number of amides is 1. The average molecular weight is 452 g/mol. The van der Waals surface area contributed by atoms with Crippen molar-refractivity contribution in [1.82, 2.24) is 14.9 Å². The van der Waals surface area contributed by atoms with E-state index in [-0.39, 0.29) is 29.5 Å². The minimum atomic E-state index is -0.611. The summed E-state index contributed by atoms with van der Waals surface area (Å²) < 4.78 is 14.5. The summed E-state index contributed by atoms with van der Waals surface area (Å²) >= 11 is 0. The molecule has 174 valence electrons. The lowest BCUT2D eigenvalue weighted by Gasteiger charge is -2.35. The van der Waals surface area contributed by atoms with Gasteiger partial charge in [0.25, 0.3) is 0 Å². The van der Waals surface area contributed by atoms with Crippen LogP contribution in [0.25, 0.3) is 0 Å². The van der Waals surface area contributed by atoms with Crippen molar-refractivity contribution in [3.8, 4) is 0 Å². The van der Waals surface area contributed by atoms with E-state index in [1.54, 1.807) is 0 Å². The van der Waals surface area contributed by atoms with Crippen LogP contribution in [-0.4, -0.2) is 59.7 Å². The monoisotopic (exact) mass is 451 g/mol. The molecule has 8 nitrogen and oxygen atoms in total. The van der Waals surface area contributed by atoms with Crippen LogP contribution in [0.2, 0.25) is 0 Å². The quantitative estimate of drug-likeness (QED) is 0.725. The normalized spacial score (nSPS) is 26.2. The third-order valence-corrected chi connectivity index (χ3v) is 7.25. The van der Waals surface area contributed by atoms with Crippen molar-refractivity contribution < 1.29 is 9.18 Å². The third-order valence-electron chi connectivity index (χ3n) is 7.25. The number of benzene rings is 1. The number of primary amides is 1. The van der Waals surface area contributed by atoms with E-state index in [0.29, 0.717) is 5.71 Å². The number of halogens is 1. The highest BCUT2D eigenvalue weighted by atomic mass is 19.1. The van der Waals surface area contributed by atoms with E-state index < -0.39 is 11.7 Å². The van der Waals surface area contributed by atoms with Crippen molar-refractivity contribution in [3.05, 3.63) is 35.8 Å². The zero-order chi connectivity index (χ0) is 23.1. The molecule has 3 fully saturated rings. The summed E-state index contributed by atoms with van der Waals surface area (Å²) in [6, 6.07) is 6.13. The predicted molar refractivity (Wildman–Crippen MR) is 127 cm³/mol. The van der Waals surface area contributed by atoms with Gasteiger partial charge in [0, 0.05) is 43.3 Å². The summed E-state index contributed by atoms with van der Waals surface area (Å²) in [7, 11) is 2.14. The molecule has 3 aliphatic rings. The number of piperazine rings is 1. The molecule has 5 rings (SSSR count). The Kier molecular flexibility index (Phi) is 5.74. The molecule has 3 atom stereocenters. The number of nitrogens with two attached hydrogens (primary N) is 1. The van der Waals surface area contributed by atoms with Gasteiger partial charge >= 0.3 is 0 Å². The number of fused-ring (bicyclic) bond motifs is 2. The second-order valence-corrected chi connectivity index (χ2v) is 9.47. The molecule has 1 amide bonds. The van der Waals surface area contributed by atoms with Gasteiger partial charge in [-0.25, -0.2) is 14.4 Å². The van der Waals surface area contributed by atoms with E-state index in [2.05, 4.69) is 50.1 Å². The molecule has 1 unspecified atom stereocenters. The smallest absolute Gasteiger partial charge is 0.229 e. The first-order chi connectivity index (χ1) is 15.9. The van der Waals surface area contributed by atoms with Gasteiger partial charge in [0.1, 0.15) is 0 Å². The Labute approximate surface area is 193 Å². The Balaban J connectivity index is 1.36. The number of carbonyl (C=O) groups is 1. The molecule has 0 spiro atoms. The average Bonchev–Trinajstić information content (AvgIpc) is 3.39. The van der Waals surface area contributed by atoms with Gasteiger partial charge in [-0.05, 0) is 68.8 Å². The van der Waals surface area contributed by atoms with Gasteiger partial charge in [0.15, 0.2) is 11.6 Å². The van der Waals surface area contributed by atoms with Gasteiger partial charge in [-0.3, -0.25) is 4.79 Å². The number of rotatable bonds is 5. The van der Waals surface area contributed by atoms with Crippen LogP contribution < -0.4 is 16.0 Å². The maximum atomic E-state index is 14.5. The van der Waals surface area contributed by atoms with Gasteiger partial charge in [-0.2, -0.15) is 4.98 Å². The number of aliphatic imine (C=N–C) groups is 1. The highest BCUT2D eigenvalue weighted by Crippen LogP contribution is 2.47. The number of likely N-dealkylation sites (N-methyl/N-ethyl adjacent to an activating group) is 1. The highest BCUT2D eigenvalue weighted by molar-refractivity contribution is 6.08. The number of aromatic nitrogens is 2. The Bertz CT molecular complexity index is 1100. The molecular formula is C24H30FN7O. The zero-order valence-corrected chi connectivity index (χ0v) is 19.1. The first kappa shape index (κ1) is 21.8. The Hall–Kier alpha value is -3.07. The van der Waals surface area contributed by atoms with Crippen LogP contribution in [0.15, 0.2) is 29.4 Å².